The van der Waals surface area contributed by atoms with E-state index in [2.05, 4.69) is 5.32 Å². The number of carbonyl (C=O) groups excluding carboxylic acids is 2. The predicted molar refractivity (Wildman–Crippen MR) is 69.1 cm³/mol. The monoisotopic (exact) mass is 265 g/mol. The maximum Gasteiger partial charge on any atom is 0.255 e. The normalized spacial score (nSPS) is 17.9. The molecule has 0 spiro atoms. The van der Waals surface area contributed by atoms with Crippen molar-refractivity contribution in [3.05, 3.63) is 23.7 Å². The summed E-state index contributed by atoms with van der Waals surface area (Å²) in [6.07, 6.45) is 5.37. The van der Waals surface area contributed by atoms with Crippen LogP contribution in [0.2, 0.25) is 0 Å². The van der Waals surface area contributed by atoms with Gasteiger partial charge in [-0.25, -0.2) is 0 Å². The molecule has 19 heavy (non-hydrogen) atoms. The van der Waals surface area contributed by atoms with Gasteiger partial charge in [0.15, 0.2) is 0 Å². The van der Waals surface area contributed by atoms with Gasteiger partial charge in [0.2, 0.25) is 5.91 Å². The number of amides is 2. The van der Waals surface area contributed by atoms with Gasteiger partial charge >= 0.3 is 0 Å². The summed E-state index contributed by atoms with van der Waals surface area (Å²) in [5.41, 5.74) is 10.3. The van der Waals surface area contributed by atoms with Crippen LogP contribution in [0.5, 0.6) is 0 Å². The number of nitrogens with two attached hydrogens (primary N) is 2. The number of hydrogen-bond acceptors (Lipinski definition) is 4. The highest BCUT2D eigenvalue weighted by atomic mass is 16.3. The quantitative estimate of drug-likeness (QED) is 0.742. The Bertz CT molecular complexity index is 475. The van der Waals surface area contributed by atoms with E-state index in [-0.39, 0.29) is 12.5 Å². The number of furan rings is 1. The summed E-state index contributed by atoms with van der Waals surface area (Å²) in [7, 11) is 0. The summed E-state index contributed by atoms with van der Waals surface area (Å²) in [5.74, 6) is -0.283. The fourth-order valence-corrected chi connectivity index (χ4v) is 2.48. The van der Waals surface area contributed by atoms with Crippen molar-refractivity contribution in [2.24, 2.45) is 11.5 Å². The average Bonchev–Trinajstić information content (AvgIpc) is 2.88. The van der Waals surface area contributed by atoms with Crippen molar-refractivity contribution in [3.8, 4) is 0 Å². The van der Waals surface area contributed by atoms with Gasteiger partial charge in [0, 0.05) is 0 Å². The molecular formula is C13H19N3O3. The van der Waals surface area contributed by atoms with Gasteiger partial charge in [0.1, 0.15) is 17.6 Å². The molecule has 1 aromatic rings. The summed E-state index contributed by atoms with van der Waals surface area (Å²) in [5, 5.41) is 2.77. The van der Waals surface area contributed by atoms with Crippen molar-refractivity contribution >= 4 is 11.8 Å². The second-order valence-corrected chi connectivity index (χ2v) is 4.97. The van der Waals surface area contributed by atoms with Gasteiger partial charge in [-0.2, -0.15) is 0 Å². The molecule has 2 rings (SSSR count). The lowest BCUT2D eigenvalue weighted by atomic mass is 9.81. The molecule has 104 valence electrons. The zero-order valence-electron chi connectivity index (χ0n) is 10.8. The lowest BCUT2D eigenvalue weighted by Gasteiger charge is -2.34. The van der Waals surface area contributed by atoms with E-state index < -0.39 is 11.4 Å². The van der Waals surface area contributed by atoms with Gasteiger partial charge in [-0.15, -0.1) is 0 Å². The van der Waals surface area contributed by atoms with E-state index in [1.807, 2.05) is 0 Å². The van der Waals surface area contributed by atoms with Crippen LogP contribution in [-0.4, -0.2) is 17.4 Å². The third kappa shape index (κ3) is 2.78. The summed E-state index contributed by atoms with van der Waals surface area (Å²) in [6, 6.07) is 1.58. The molecule has 6 heteroatoms. The molecule has 0 bridgehead atoms. The topological polar surface area (TPSA) is 111 Å². The molecule has 1 heterocycles. The Hall–Kier alpha value is -1.82. The summed E-state index contributed by atoms with van der Waals surface area (Å²) in [6.45, 7) is 0.230. The summed E-state index contributed by atoms with van der Waals surface area (Å²) < 4.78 is 5.12. The first kappa shape index (κ1) is 13.6. The lowest BCUT2D eigenvalue weighted by molar-refractivity contribution is -0.125. The fourth-order valence-electron chi connectivity index (χ4n) is 2.48. The van der Waals surface area contributed by atoms with Crippen molar-refractivity contribution in [2.45, 2.75) is 44.2 Å². The van der Waals surface area contributed by atoms with Crippen LogP contribution in [0.4, 0.5) is 0 Å². The molecule has 0 saturated heterocycles. The molecule has 2 amide bonds. The number of primary amides is 1. The Morgan fingerprint density at radius 2 is 2.00 bits per heavy atom. The maximum atomic E-state index is 12.1. The molecule has 0 atom stereocenters. The van der Waals surface area contributed by atoms with E-state index in [0.29, 0.717) is 24.2 Å². The Morgan fingerprint density at radius 1 is 1.32 bits per heavy atom. The van der Waals surface area contributed by atoms with Crippen molar-refractivity contribution in [2.75, 3.05) is 0 Å². The Morgan fingerprint density at radius 3 is 2.53 bits per heavy atom. The van der Waals surface area contributed by atoms with E-state index in [1.54, 1.807) is 6.07 Å². The molecule has 0 aromatic carbocycles. The molecule has 1 aliphatic rings. The number of rotatable bonds is 4. The van der Waals surface area contributed by atoms with Crippen LogP contribution in [-0.2, 0) is 11.3 Å². The van der Waals surface area contributed by atoms with Crippen LogP contribution < -0.4 is 16.8 Å². The van der Waals surface area contributed by atoms with E-state index >= 15 is 0 Å². The minimum Gasteiger partial charge on any atom is -0.467 e. The van der Waals surface area contributed by atoms with Crippen LogP contribution in [0, 0.1) is 0 Å². The van der Waals surface area contributed by atoms with E-state index in [0.717, 1.165) is 19.3 Å². The molecule has 1 aliphatic carbocycles. The molecule has 1 fully saturated rings. The fraction of sp³-hybridized carbons (Fsp3) is 0.538. The Balaban J connectivity index is 2.12. The van der Waals surface area contributed by atoms with Crippen molar-refractivity contribution in [3.63, 3.8) is 0 Å². The van der Waals surface area contributed by atoms with Crippen molar-refractivity contribution < 1.29 is 14.0 Å². The first-order valence-electron chi connectivity index (χ1n) is 6.47. The second-order valence-electron chi connectivity index (χ2n) is 4.97. The minimum absolute atomic E-state index is 0.230. The highest BCUT2D eigenvalue weighted by molar-refractivity contribution is 5.98. The molecule has 0 radical (unpaired) electrons. The second kappa shape index (κ2) is 5.44. The minimum atomic E-state index is -0.921. The van der Waals surface area contributed by atoms with Gasteiger partial charge in [-0.1, -0.05) is 19.3 Å². The van der Waals surface area contributed by atoms with Crippen LogP contribution in [0.15, 0.2) is 16.7 Å². The number of hydrogen-bond donors (Lipinski definition) is 3. The van der Waals surface area contributed by atoms with Crippen molar-refractivity contribution in [1.29, 1.82) is 0 Å². The highest BCUT2D eigenvalue weighted by Crippen LogP contribution is 2.28. The molecule has 6 nitrogen and oxygen atoms in total. The number of nitrogens with one attached hydrogen (secondary N) is 1. The maximum absolute atomic E-state index is 12.1. The SMILES string of the molecule is NCc1cc(C(=O)NC2(C(N)=O)CCCCC2)co1. The van der Waals surface area contributed by atoms with E-state index in [1.165, 1.54) is 6.26 Å². The summed E-state index contributed by atoms with van der Waals surface area (Å²) >= 11 is 0. The lowest BCUT2D eigenvalue weighted by Crippen LogP contribution is -2.58. The standard InChI is InChI=1S/C13H19N3O3/c14-7-10-6-9(8-19-10)11(17)16-13(12(15)18)4-2-1-3-5-13/h6,8H,1-5,7,14H2,(H2,15,18)(H,16,17). The third-order valence-corrected chi connectivity index (χ3v) is 3.65. The molecule has 5 N–H and O–H groups in total. The van der Waals surface area contributed by atoms with Gasteiger partial charge in [-0.3, -0.25) is 9.59 Å². The molecule has 0 aliphatic heterocycles. The average molecular weight is 265 g/mol. The van der Waals surface area contributed by atoms with Crippen LogP contribution in [0.3, 0.4) is 0 Å². The van der Waals surface area contributed by atoms with Crippen LogP contribution in [0.25, 0.3) is 0 Å². The van der Waals surface area contributed by atoms with Gasteiger partial charge in [-0.05, 0) is 18.9 Å². The Kier molecular flexibility index (Phi) is 3.90. The number of carbonyl (C=O) groups is 2. The molecule has 0 unspecified atom stereocenters. The van der Waals surface area contributed by atoms with Crippen LogP contribution in [0.1, 0.15) is 48.2 Å². The largest absolute Gasteiger partial charge is 0.467 e. The van der Waals surface area contributed by atoms with Gasteiger partial charge in [0.25, 0.3) is 5.91 Å². The molecular weight excluding hydrogens is 246 g/mol. The summed E-state index contributed by atoms with van der Waals surface area (Å²) in [4.78, 5) is 23.8. The van der Waals surface area contributed by atoms with Crippen LogP contribution >= 0.6 is 0 Å². The Labute approximate surface area is 111 Å². The molecule has 1 saturated carbocycles. The predicted octanol–water partition coefficient (Wildman–Crippen LogP) is 0.656. The van der Waals surface area contributed by atoms with E-state index in [4.69, 9.17) is 15.9 Å². The zero-order valence-corrected chi connectivity index (χ0v) is 10.8. The zero-order chi connectivity index (χ0) is 13.9. The van der Waals surface area contributed by atoms with Gasteiger partial charge < -0.3 is 21.2 Å². The molecule has 1 aromatic heterocycles. The highest BCUT2D eigenvalue weighted by Gasteiger charge is 2.39. The van der Waals surface area contributed by atoms with Gasteiger partial charge in [0.05, 0.1) is 12.1 Å². The first-order valence-corrected chi connectivity index (χ1v) is 6.47. The smallest absolute Gasteiger partial charge is 0.255 e. The first-order chi connectivity index (χ1) is 9.07. The van der Waals surface area contributed by atoms with E-state index in [9.17, 15) is 9.59 Å². The third-order valence-electron chi connectivity index (χ3n) is 3.65. The van der Waals surface area contributed by atoms with Crippen molar-refractivity contribution in [1.82, 2.24) is 5.32 Å².